The van der Waals surface area contributed by atoms with Crippen LogP contribution in [0.5, 0.6) is 0 Å². The van der Waals surface area contributed by atoms with Gasteiger partial charge in [-0.1, -0.05) is 18.2 Å². The fourth-order valence-electron chi connectivity index (χ4n) is 1.41. The maximum absolute atomic E-state index is 14.1. The summed E-state index contributed by atoms with van der Waals surface area (Å²) in [5, 5.41) is 0.0790. The highest BCUT2D eigenvalue weighted by molar-refractivity contribution is 8.13. The van der Waals surface area contributed by atoms with Gasteiger partial charge in [-0.05, 0) is 18.4 Å². The minimum atomic E-state index is -1.86. The van der Waals surface area contributed by atoms with Crippen molar-refractivity contribution in [2.24, 2.45) is 4.99 Å². The first kappa shape index (κ1) is 15.8. The van der Waals surface area contributed by atoms with Crippen molar-refractivity contribution in [3.05, 3.63) is 30.3 Å². The number of hydrogen-bond acceptors (Lipinski definition) is 5. The molecule has 1 atom stereocenters. The van der Waals surface area contributed by atoms with E-state index in [9.17, 15) is 9.18 Å². The Hall–Kier alpha value is -1.24. The van der Waals surface area contributed by atoms with E-state index in [1.807, 2.05) is 6.07 Å². The number of aliphatic imine (C=N–C) groups is 1. The van der Waals surface area contributed by atoms with Crippen molar-refractivity contribution in [1.82, 2.24) is 0 Å². The third kappa shape index (κ3) is 4.41. The van der Waals surface area contributed by atoms with Crippen molar-refractivity contribution in [3.63, 3.8) is 0 Å². The molecule has 0 fully saturated rings. The Morgan fingerprint density at radius 1 is 1.26 bits per heavy atom. The van der Waals surface area contributed by atoms with E-state index in [0.717, 1.165) is 11.8 Å². The number of para-hydroxylation sites is 1. The summed E-state index contributed by atoms with van der Waals surface area (Å²) >= 11 is 1.08. The Labute approximate surface area is 116 Å². The zero-order chi connectivity index (χ0) is 14.3. The number of ketones is 1. The first-order chi connectivity index (χ1) is 9.13. The Kier molecular flexibility index (Phi) is 6.69. The number of carbonyl (C=O) groups excluding carboxylic acids is 1. The van der Waals surface area contributed by atoms with Crippen LogP contribution in [0.25, 0.3) is 0 Å². The number of nitrogens with zero attached hydrogens (tertiary/aromatic N) is 1. The van der Waals surface area contributed by atoms with Gasteiger partial charge >= 0.3 is 0 Å². The summed E-state index contributed by atoms with van der Waals surface area (Å²) in [6.45, 7) is 0. The first-order valence-corrected chi connectivity index (χ1v) is 6.77. The monoisotopic (exact) mass is 285 g/mol. The minimum Gasteiger partial charge on any atom is -0.349 e. The smallest absolute Gasteiger partial charge is 0.229 e. The Morgan fingerprint density at radius 3 is 2.32 bits per heavy atom. The molecule has 0 amide bonds. The lowest BCUT2D eigenvalue weighted by Crippen LogP contribution is -2.36. The number of carbonyl (C=O) groups is 1. The molecule has 0 saturated carbocycles. The molecule has 1 rings (SSSR count). The van der Waals surface area contributed by atoms with Crippen molar-refractivity contribution in [2.75, 3.05) is 20.5 Å². The van der Waals surface area contributed by atoms with Crippen molar-refractivity contribution in [1.29, 1.82) is 0 Å². The molecule has 1 aromatic rings. The molecular formula is C13H16FNO3S. The molecule has 0 saturated heterocycles. The normalized spacial score (nSPS) is 13.6. The second kappa shape index (κ2) is 8.04. The van der Waals surface area contributed by atoms with Gasteiger partial charge in [0.1, 0.15) is 5.04 Å². The molecule has 0 aliphatic carbocycles. The number of benzene rings is 1. The molecule has 0 heterocycles. The van der Waals surface area contributed by atoms with Crippen LogP contribution in [0.15, 0.2) is 35.3 Å². The summed E-state index contributed by atoms with van der Waals surface area (Å²) in [7, 11) is 2.57. The lowest BCUT2D eigenvalue weighted by molar-refractivity contribution is -0.159. The van der Waals surface area contributed by atoms with Crippen LogP contribution in [-0.4, -0.2) is 43.8 Å². The first-order valence-electron chi connectivity index (χ1n) is 5.55. The number of alkyl halides is 1. The molecule has 0 N–H and O–H groups in total. The number of ether oxygens (including phenoxy) is 2. The summed E-state index contributed by atoms with van der Waals surface area (Å²) in [4.78, 5) is 15.9. The molecular weight excluding hydrogens is 269 g/mol. The van der Waals surface area contributed by atoms with E-state index in [4.69, 9.17) is 9.47 Å². The summed E-state index contributed by atoms with van der Waals surface area (Å²) in [5.41, 5.74) is 0.591. The second-order valence-electron chi connectivity index (χ2n) is 3.56. The van der Waals surface area contributed by atoms with E-state index in [-0.39, 0.29) is 5.04 Å². The number of rotatable bonds is 6. The summed E-state index contributed by atoms with van der Waals surface area (Å²) in [6.07, 6.45) is -1.42. The number of methoxy groups -OCH3 is 2. The molecule has 19 heavy (non-hydrogen) atoms. The van der Waals surface area contributed by atoms with Gasteiger partial charge in [0.05, 0.1) is 5.69 Å². The van der Waals surface area contributed by atoms with Gasteiger partial charge in [-0.25, -0.2) is 9.38 Å². The van der Waals surface area contributed by atoms with E-state index in [2.05, 4.69) is 4.99 Å². The predicted molar refractivity (Wildman–Crippen MR) is 74.8 cm³/mol. The van der Waals surface area contributed by atoms with E-state index in [0.29, 0.717) is 5.69 Å². The van der Waals surface area contributed by atoms with Crippen LogP contribution in [-0.2, 0) is 14.3 Å². The van der Waals surface area contributed by atoms with Crippen LogP contribution < -0.4 is 0 Å². The molecule has 0 aliphatic heterocycles. The molecule has 0 radical (unpaired) electrons. The van der Waals surface area contributed by atoms with Crippen molar-refractivity contribution in [3.8, 4) is 0 Å². The summed E-state index contributed by atoms with van der Waals surface area (Å²) in [6, 6.07) is 8.88. The van der Waals surface area contributed by atoms with E-state index >= 15 is 0 Å². The third-order valence-corrected chi connectivity index (χ3v) is 3.05. The molecule has 0 aromatic heterocycles. The fraction of sp³-hybridized carbons (Fsp3) is 0.385. The number of halogens is 1. The maximum Gasteiger partial charge on any atom is 0.229 e. The fourth-order valence-corrected chi connectivity index (χ4v) is 1.93. The molecule has 1 unspecified atom stereocenters. The zero-order valence-electron chi connectivity index (χ0n) is 11.0. The zero-order valence-corrected chi connectivity index (χ0v) is 11.8. The SMILES string of the molecule is COC(OC)C(=O)C(F)C(=Nc1ccccc1)SC. The summed E-state index contributed by atoms with van der Waals surface area (Å²) < 4.78 is 23.6. The standard InChI is InChI=1S/C13H16FNO3S/c1-17-13(18-2)11(16)10(14)12(19-3)15-9-7-5-4-6-8-9/h4-8,10,13H,1-3H3. The average molecular weight is 285 g/mol. The van der Waals surface area contributed by atoms with Gasteiger partial charge in [0, 0.05) is 14.2 Å². The van der Waals surface area contributed by atoms with E-state index < -0.39 is 18.2 Å². The number of hydrogen-bond donors (Lipinski definition) is 0. The number of thioether (sulfide) groups is 1. The summed E-state index contributed by atoms with van der Waals surface area (Å²) in [5.74, 6) is -0.797. The Bertz CT molecular complexity index is 435. The lowest BCUT2D eigenvalue weighted by Gasteiger charge is -2.15. The lowest BCUT2D eigenvalue weighted by atomic mass is 10.2. The van der Waals surface area contributed by atoms with Gasteiger partial charge in [-0.15, -0.1) is 11.8 Å². The highest BCUT2D eigenvalue weighted by atomic mass is 32.2. The average Bonchev–Trinajstić information content (AvgIpc) is 2.46. The van der Waals surface area contributed by atoms with Crippen LogP contribution in [0.2, 0.25) is 0 Å². The van der Waals surface area contributed by atoms with Crippen molar-refractivity contribution >= 4 is 28.3 Å². The highest BCUT2D eigenvalue weighted by Crippen LogP contribution is 2.18. The Balaban J connectivity index is 2.91. The van der Waals surface area contributed by atoms with E-state index in [1.165, 1.54) is 14.2 Å². The van der Waals surface area contributed by atoms with Crippen LogP contribution in [0.3, 0.4) is 0 Å². The van der Waals surface area contributed by atoms with Gasteiger partial charge in [0.2, 0.25) is 18.2 Å². The van der Waals surface area contributed by atoms with Crippen LogP contribution in [0.4, 0.5) is 10.1 Å². The second-order valence-corrected chi connectivity index (χ2v) is 4.38. The quantitative estimate of drug-likeness (QED) is 0.458. The third-order valence-electron chi connectivity index (χ3n) is 2.33. The van der Waals surface area contributed by atoms with E-state index in [1.54, 1.807) is 30.5 Å². The predicted octanol–water partition coefficient (Wildman–Crippen LogP) is 2.61. The van der Waals surface area contributed by atoms with Crippen molar-refractivity contribution in [2.45, 2.75) is 12.5 Å². The Morgan fingerprint density at radius 2 is 1.84 bits per heavy atom. The van der Waals surface area contributed by atoms with Crippen LogP contribution in [0.1, 0.15) is 0 Å². The molecule has 0 spiro atoms. The molecule has 1 aromatic carbocycles. The van der Waals surface area contributed by atoms with Gasteiger partial charge in [-0.2, -0.15) is 0 Å². The van der Waals surface area contributed by atoms with Crippen LogP contribution in [0, 0.1) is 0 Å². The van der Waals surface area contributed by atoms with Gasteiger partial charge < -0.3 is 9.47 Å². The molecule has 4 nitrogen and oxygen atoms in total. The largest absolute Gasteiger partial charge is 0.349 e. The number of Topliss-reactive ketones (excluding diaryl/α,β-unsaturated/α-hetero) is 1. The molecule has 0 bridgehead atoms. The highest BCUT2D eigenvalue weighted by Gasteiger charge is 2.30. The maximum atomic E-state index is 14.1. The molecule has 6 heteroatoms. The minimum absolute atomic E-state index is 0.0790. The topological polar surface area (TPSA) is 47.9 Å². The van der Waals surface area contributed by atoms with Crippen molar-refractivity contribution < 1.29 is 18.7 Å². The van der Waals surface area contributed by atoms with Crippen LogP contribution >= 0.6 is 11.8 Å². The van der Waals surface area contributed by atoms with Gasteiger partial charge in [0.25, 0.3) is 0 Å². The van der Waals surface area contributed by atoms with Gasteiger partial charge in [-0.3, -0.25) is 4.79 Å². The molecule has 0 aliphatic rings. The molecule has 104 valence electrons. The van der Waals surface area contributed by atoms with Gasteiger partial charge in [0.15, 0.2) is 0 Å².